The summed E-state index contributed by atoms with van der Waals surface area (Å²) in [6, 6.07) is 20.6. The second kappa shape index (κ2) is 12.7. The van der Waals surface area contributed by atoms with E-state index in [0.717, 1.165) is 48.4 Å². The minimum atomic E-state index is -1.34. The number of carboxylic acid groups (broad SMARTS) is 1. The topological polar surface area (TPSA) is 57.6 Å². The van der Waals surface area contributed by atoms with Crippen molar-refractivity contribution < 1.29 is 19.1 Å². The highest BCUT2D eigenvalue weighted by Crippen LogP contribution is 2.30. The first kappa shape index (κ1) is 26.6. The molecule has 0 atom stereocenters. The number of anilines is 1. The molecular formula is C32H36FNO3. The lowest BCUT2D eigenvalue weighted by Crippen LogP contribution is -2.30. The Morgan fingerprint density at radius 2 is 1.54 bits per heavy atom. The fraction of sp³-hybridized carbons (Fsp3) is 0.375. The van der Waals surface area contributed by atoms with Crippen LogP contribution in [-0.4, -0.2) is 17.0 Å². The van der Waals surface area contributed by atoms with Crippen LogP contribution in [0.2, 0.25) is 0 Å². The highest BCUT2D eigenvalue weighted by Gasteiger charge is 2.22. The maximum Gasteiger partial charge on any atom is 0.338 e. The van der Waals surface area contributed by atoms with Crippen LogP contribution in [0.3, 0.4) is 0 Å². The van der Waals surface area contributed by atoms with E-state index in [1.165, 1.54) is 43.4 Å². The fourth-order valence-corrected chi connectivity index (χ4v) is 5.16. The Morgan fingerprint density at radius 3 is 2.14 bits per heavy atom. The predicted molar refractivity (Wildman–Crippen MR) is 146 cm³/mol. The smallest absolute Gasteiger partial charge is 0.338 e. The molecule has 37 heavy (non-hydrogen) atoms. The minimum absolute atomic E-state index is 0.0680. The number of unbranched alkanes of at least 4 members (excludes halogenated alkanes) is 1. The van der Waals surface area contributed by atoms with Gasteiger partial charge in [-0.3, -0.25) is 4.79 Å². The van der Waals surface area contributed by atoms with Gasteiger partial charge in [0.1, 0.15) is 5.82 Å². The summed E-state index contributed by atoms with van der Waals surface area (Å²) in [4.78, 5) is 26.5. The molecule has 5 heteroatoms. The van der Waals surface area contributed by atoms with Crippen LogP contribution in [-0.2, 0) is 17.8 Å². The molecule has 1 aliphatic carbocycles. The lowest BCUT2D eigenvalue weighted by atomic mass is 10.00. The predicted octanol–water partition coefficient (Wildman–Crippen LogP) is 8.04. The molecular weight excluding hydrogens is 465 g/mol. The summed E-state index contributed by atoms with van der Waals surface area (Å²) in [5.74, 6) is -1.65. The van der Waals surface area contributed by atoms with Gasteiger partial charge in [0.25, 0.3) is 0 Å². The monoisotopic (exact) mass is 501 g/mol. The van der Waals surface area contributed by atoms with Crippen molar-refractivity contribution in [2.45, 2.75) is 71.3 Å². The summed E-state index contributed by atoms with van der Waals surface area (Å²) < 4.78 is 14.1. The maximum atomic E-state index is 14.1. The number of carboxylic acids is 1. The number of benzene rings is 3. The lowest BCUT2D eigenvalue weighted by Gasteiger charge is -2.24. The third kappa shape index (κ3) is 7.06. The third-order valence-corrected chi connectivity index (χ3v) is 7.44. The number of aryl methyl sites for hydroxylation is 1. The second-order valence-corrected chi connectivity index (χ2v) is 10.1. The van der Waals surface area contributed by atoms with Crippen LogP contribution in [0.4, 0.5) is 10.1 Å². The molecule has 0 aliphatic heterocycles. The maximum absolute atomic E-state index is 14.1. The molecule has 4 nitrogen and oxygen atoms in total. The molecule has 194 valence electrons. The number of halogens is 1. The zero-order chi connectivity index (χ0) is 26.2. The summed E-state index contributed by atoms with van der Waals surface area (Å²) in [5.41, 5.74) is 4.49. The van der Waals surface area contributed by atoms with E-state index in [0.29, 0.717) is 24.6 Å². The zero-order valence-corrected chi connectivity index (χ0v) is 21.6. The summed E-state index contributed by atoms with van der Waals surface area (Å²) in [5, 5.41) is 9.40. The Hall–Kier alpha value is -3.47. The second-order valence-electron chi connectivity index (χ2n) is 10.1. The van der Waals surface area contributed by atoms with Gasteiger partial charge in [-0.2, -0.15) is 0 Å². The van der Waals surface area contributed by atoms with Crippen LogP contribution in [0, 0.1) is 11.7 Å². The average molecular weight is 502 g/mol. The molecule has 0 radical (unpaired) electrons. The molecule has 1 aliphatic rings. The van der Waals surface area contributed by atoms with Crippen LogP contribution in [0.15, 0.2) is 66.7 Å². The van der Waals surface area contributed by atoms with Crippen molar-refractivity contribution in [1.29, 1.82) is 0 Å². The van der Waals surface area contributed by atoms with Gasteiger partial charge in [-0.25, -0.2) is 9.18 Å². The fourth-order valence-electron chi connectivity index (χ4n) is 5.16. The van der Waals surface area contributed by atoms with Gasteiger partial charge < -0.3 is 10.0 Å². The number of nitrogens with zero attached hydrogens (tertiary/aromatic N) is 1. The molecule has 1 fully saturated rings. The normalized spacial score (nSPS) is 13.6. The van der Waals surface area contributed by atoms with Crippen molar-refractivity contribution in [1.82, 2.24) is 0 Å². The van der Waals surface area contributed by atoms with E-state index in [9.17, 15) is 19.1 Å². The van der Waals surface area contributed by atoms with Gasteiger partial charge in [0.15, 0.2) is 0 Å². The Labute approximate surface area is 219 Å². The van der Waals surface area contributed by atoms with Crippen LogP contribution in [0.25, 0.3) is 11.1 Å². The highest BCUT2D eigenvalue weighted by atomic mass is 19.1. The summed E-state index contributed by atoms with van der Waals surface area (Å²) in [6.45, 7) is 2.49. The van der Waals surface area contributed by atoms with Crippen molar-refractivity contribution in [2.75, 3.05) is 4.90 Å². The molecule has 0 spiro atoms. The SMILES string of the molecule is CCCCc1ccc(-c2ccc(CN(C(=O)CCC3CCCC3)c3ccc(F)c(C(=O)O)c3)cc2)cc1. The molecule has 3 aromatic rings. The molecule has 0 heterocycles. The Bertz CT molecular complexity index is 1200. The first-order valence-electron chi connectivity index (χ1n) is 13.5. The van der Waals surface area contributed by atoms with Crippen molar-refractivity contribution in [3.63, 3.8) is 0 Å². The van der Waals surface area contributed by atoms with E-state index in [1.807, 2.05) is 24.3 Å². The zero-order valence-electron chi connectivity index (χ0n) is 21.6. The summed E-state index contributed by atoms with van der Waals surface area (Å²) in [7, 11) is 0. The molecule has 0 aromatic heterocycles. The van der Waals surface area contributed by atoms with Gasteiger partial charge in [-0.1, -0.05) is 87.6 Å². The van der Waals surface area contributed by atoms with Crippen molar-refractivity contribution in [3.8, 4) is 11.1 Å². The van der Waals surface area contributed by atoms with Gasteiger partial charge in [0.05, 0.1) is 12.1 Å². The molecule has 1 amide bonds. The van der Waals surface area contributed by atoms with E-state index in [-0.39, 0.29) is 5.91 Å². The molecule has 3 aromatic carbocycles. The summed E-state index contributed by atoms with van der Waals surface area (Å²) in [6.07, 6.45) is 9.44. The van der Waals surface area contributed by atoms with Gasteiger partial charge in [0.2, 0.25) is 5.91 Å². The molecule has 0 saturated heterocycles. The van der Waals surface area contributed by atoms with E-state index < -0.39 is 17.3 Å². The highest BCUT2D eigenvalue weighted by molar-refractivity contribution is 5.95. The lowest BCUT2D eigenvalue weighted by molar-refractivity contribution is -0.119. The van der Waals surface area contributed by atoms with Crippen LogP contribution >= 0.6 is 0 Å². The van der Waals surface area contributed by atoms with Gasteiger partial charge >= 0.3 is 5.97 Å². The van der Waals surface area contributed by atoms with Crippen molar-refractivity contribution >= 4 is 17.6 Å². The van der Waals surface area contributed by atoms with Gasteiger partial charge in [-0.05, 0) is 65.6 Å². The quantitative estimate of drug-likeness (QED) is 0.289. The largest absolute Gasteiger partial charge is 0.478 e. The number of hydrogen-bond donors (Lipinski definition) is 1. The average Bonchev–Trinajstić information content (AvgIpc) is 3.44. The number of aromatic carboxylic acids is 1. The van der Waals surface area contributed by atoms with E-state index in [2.05, 4.69) is 31.2 Å². The van der Waals surface area contributed by atoms with Crippen LogP contribution < -0.4 is 4.90 Å². The first-order chi connectivity index (χ1) is 17.9. The number of carbonyl (C=O) groups is 2. The van der Waals surface area contributed by atoms with Crippen LogP contribution in [0.5, 0.6) is 0 Å². The molecule has 0 unspecified atom stereocenters. The van der Waals surface area contributed by atoms with Gasteiger partial charge in [-0.15, -0.1) is 0 Å². The summed E-state index contributed by atoms with van der Waals surface area (Å²) >= 11 is 0. The van der Waals surface area contributed by atoms with Gasteiger partial charge in [0, 0.05) is 12.1 Å². The number of rotatable bonds is 11. The molecule has 1 saturated carbocycles. The Kier molecular flexibility index (Phi) is 9.10. The Balaban J connectivity index is 1.52. The number of carbonyl (C=O) groups excluding carboxylic acids is 1. The number of hydrogen-bond acceptors (Lipinski definition) is 2. The third-order valence-electron chi connectivity index (χ3n) is 7.44. The van der Waals surface area contributed by atoms with E-state index in [4.69, 9.17) is 0 Å². The molecule has 0 bridgehead atoms. The molecule has 4 rings (SSSR count). The van der Waals surface area contributed by atoms with Crippen molar-refractivity contribution in [3.05, 3.63) is 89.2 Å². The first-order valence-corrected chi connectivity index (χ1v) is 13.5. The number of amides is 1. The van der Waals surface area contributed by atoms with E-state index >= 15 is 0 Å². The van der Waals surface area contributed by atoms with E-state index in [1.54, 1.807) is 4.90 Å². The Morgan fingerprint density at radius 1 is 0.919 bits per heavy atom. The standard InChI is InChI=1S/C32H36FNO3/c1-2-3-6-24-9-14-26(15-10-24)27-16-11-25(12-17-27)22-34(31(35)20-13-23-7-4-5-8-23)28-18-19-30(33)29(21-28)32(36)37/h9-12,14-19,21,23H,2-8,13,20,22H2,1H3,(H,36,37). The van der Waals surface area contributed by atoms with Crippen molar-refractivity contribution in [2.24, 2.45) is 5.92 Å². The minimum Gasteiger partial charge on any atom is -0.478 e. The van der Waals surface area contributed by atoms with Crippen LogP contribution in [0.1, 0.15) is 79.8 Å². The molecule has 1 N–H and O–H groups in total.